The van der Waals surface area contributed by atoms with Crippen molar-refractivity contribution in [2.75, 3.05) is 0 Å². The fraction of sp³-hybridized carbons (Fsp3) is 0. The van der Waals surface area contributed by atoms with Gasteiger partial charge < -0.3 is 0 Å². The van der Waals surface area contributed by atoms with Crippen molar-refractivity contribution in [1.82, 2.24) is 0 Å². The molecular weight excluding hydrogens is 251 g/mol. The van der Waals surface area contributed by atoms with Gasteiger partial charge in [-0.1, -0.05) is 35.3 Å². The fourth-order valence-corrected chi connectivity index (χ4v) is 0.711. The molecule has 0 aliphatic carbocycles. The van der Waals surface area contributed by atoms with E-state index < -0.39 is 0 Å². The normalized spacial score (nSPS) is 8.00. The predicted octanol–water partition coefficient (Wildman–Crippen LogP) is 3.30. The van der Waals surface area contributed by atoms with Crippen LogP contribution < -0.4 is 0 Å². The summed E-state index contributed by atoms with van der Waals surface area (Å²) in [5.41, 5.74) is 0. The van der Waals surface area contributed by atoms with E-state index in [9.17, 15) is 0 Å². The van der Waals surface area contributed by atoms with E-state index in [1.54, 1.807) is 12.1 Å². The van der Waals surface area contributed by atoms with E-state index in [1.807, 2.05) is 12.1 Å². The van der Waals surface area contributed by atoms with Crippen molar-refractivity contribution in [2.24, 2.45) is 0 Å². The zero-order chi connectivity index (χ0) is 7.98. The molecule has 3 radical (unpaired) electrons. The van der Waals surface area contributed by atoms with Crippen LogP contribution in [0.3, 0.4) is 0 Å². The third-order valence-electron chi connectivity index (χ3n) is 0.824. The van der Waals surface area contributed by atoms with Gasteiger partial charge in [0.1, 0.15) is 0 Å². The predicted molar refractivity (Wildman–Crippen MR) is 48.1 cm³/mol. The van der Waals surface area contributed by atoms with Gasteiger partial charge in [-0.05, 0) is 12.1 Å². The van der Waals surface area contributed by atoms with Gasteiger partial charge in [-0.3, -0.25) is 0 Å². The van der Waals surface area contributed by atoms with Crippen molar-refractivity contribution >= 4 is 48.8 Å². The molecule has 0 nitrogen and oxygen atoms in total. The third-order valence-corrected chi connectivity index (χ3v) is 1.58. The number of halogens is 3. The Morgan fingerprint density at radius 2 is 1.20 bits per heavy atom. The van der Waals surface area contributed by atoms with Crippen molar-refractivity contribution in [3.05, 3.63) is 34.3 Å². The molecule has 0 heterocycles. The molecule has 0 saturated heterocycles. The van der Waals surface area contributed by atoms with Crippen LogP contribution >= 0.6 is 33.2 Å². The fourth-order valence-electron chi connectivity index (χ4n) is 0.439. The van der Waals surface area contributed by atoms with Gasteiger partial charge in [0.2, 0.25) is 0 Å². The van der Waals surface area contributed by atoms with Crippen LogP contribution in [0.5, 0.6) is 0 Å². The molecule has 53 valence electrons. The van der Waals surface area contributed by atoms with Crippen LogP contribution in [0.15, 0.2) is 24.3 Å². The van der Waals surface area contributed by atoms with Crippen molar-refractivity contribution in [3.8, 4) is 0 Å². The van der Waals surface area contributed by atoms with Gasteiger partial charge in [-0.15, -0.1) is 0 Å². The SMILES string of the molecule is Clc1ccccc1Cl.[Cl][Ge]. The van der Waals surface area contributed by atoms with Crippen molar-refractivity contribution in [1.29, 1.82) is 0 Å². The molecule has 0 fully saturated rings. The van der Waals surface area contributed by atoms with E-state index in [1.165, 1.54) is 15.6 Å². The summed E-state index contributed by atoms with van der Waals surface area (Å²) in [6.07, 6.45) is 0. The van der Waals surface area contributed by atoms with Crippen molar-refractivity contribution < 1.29 is 0 Å². The van der Waals surface area contributed by atoms with Crippen LogP contribution in [0.1, 0.15) is 0 Å². The molecule has 0 unspecified atom stereocenters. The number of hydrogen-bond acceptors (Lipinski definition) is 0. The average Bonchev–Trinajstić information content (AvgIpc) is 2.00. The second-order valence-electron chi connectivity index (χ2n) is 1.41. The molecule has 0 aliphatic heterocycles. The molecule has 0 N–H and O–H groups in total. The quantitative estimate of drug-likeness (QED) is 0.624. The molecule has 0 aliphatic rings. The Morgan fingerprint density at radius 3 is 1.40 bits per heavy atom. The summed E-state index contributed by atoms with van der Waals surface area (Å²) >= 11 is 12.6. The van der Waals surface area contributed by atoms with Gasteiger partial charge in [0.05, 0.1) is 10.0 Å². The molecule has 0 spiro atoms. The average molecular weight is 255 g/mol. The monoisotopic (exact) mass is 255 g/mol. The van der Waals surface area contributed by atoms with Crippen molar-refractivity contribution in [2.45, 2.75) is 0 Å². The van der Waals surface area contributed by atoms with E-state index in [0.717, 1.165) is 0 Å². The van der Waals surface area contributed by atoms with E-state index in [4.69, 9.17) is 23.2 Å². The second kappa shape index (κ2) is 6.35. The van der Waals surface area contributed by atoms with Gasteiger partial charge in [0, 0.05) is 0 Å². The Morgan fingerprint density at radius 1 is 0.900 bits per heavy atom. The molecule has 0 saturated carbocycles. The molecular formula is C6H4Cl3Ge. The van der Waals surface area contributed by atoms with Gasteiger partial charge in [0.15, 0.2) is 0 Å². The molecule has 1 aromatic rings. The first-order valence-corrected chi connectivity index (χ1v) is 5.91. The summed E-state index contributed by atoms with van der Waals surface area (Å²) in [6, 6.07) is 7.19. The minimum atomic E-state index is 0.606. The first kappa shape index (κ1) is 10.6. The first-order chi connectivity index (χ1) is 4.80. The van der Waals surface area contributed by atoms with Gasteiger partial charge in [-0.25, -0.2) is 0 Å². The molecule has 0 bridgehead atoms. The summed E-state index contributed by atoms with van der Waals surface area (Å²) in [6.45, 7) is 0. The number of rotatable bonds is 0. The molecule has 1 rings (SSSR count). The second-order valence-corrected chi connectivity index (χ2v) is 2.23. The zero-order valence-corrected chi connectivity index (χ0v) is 9.31. The maximum absolute atomic E-state index is 5.58. The summed E-state index contributed by atoms with van der Waals surface area (Å²) in [7, 11) is 4.64. The summed E-state index contributed by atoms with van der Waals surface area (Å²) in [4.78, 5) is 0. The topological polar surface area (TPSA) is 0 Å². The Balaban J connectivity index is 0.000000371. The Bertz CT molecular complexity index is 169. The van der Waals surface area contributed by atoms with Gasteiger partial charge in [0.25, 0.3) is 0 Å². The maximum atomic E-state index is 5.58. The van der Waals surface area contributed by atoms with Crippen LogP contribution in [0, 0.1) is 0 Å². The number of benzene rings is 1. The van der Waals surface area contributed by atoms with Crippen LogP contribution in [-0.2, 0) is 0 Å². The molecule has 10 heavy (non-hydrogen) atoms. The Kier molecular flexibility index (Phi) is 6.75. The standard InChI is InChI=1S/C6H4Cl2.ClGe/c7-5-3-1-2-4-6(5)8;1-2/h1-4H;. The molecule has 1 aromatic carbocycles. The molecule has 0 aromatic heterocycles. The summed E-state index contributed by atoms with van der Waals surface area (Å²) in [5, 5.41) is 1.21. The molecule has 0 atom stereocenters. The Labute approximate surface area is 82.9 Å². The first-order valence-electron chi connectivity index (χ1n) is 2.39. The minimum absolute atomic E-state index is 0.606. The van der Waals surface area contributed by atoms with Crippen LogP contribution in [0.2, 0.25) is 10.0 Å². The van der Waals surface area contributed by atoms with Gasteiger partial charge in [-0.2, -0.15) is 0 Å². The van der Waals surface area contributed by atoms with Crippen molar-refractivity contribution in [3.63, 3.8) is 0 Å². The summed E-state index contributed by atoms with van der Waals surface area (Å²) < 4.78 is 0. The zero-order valence-electron chi connectivity index (χ0n) is 4.94. The Hall–Kier alpha value is 0.633. The van der Waals surface area contributed by atoms with E-state index >= 15 is 0 Å². The summed E-state index contributed by atoms with van der Waals surface area (Å²) in [5.74, 6) is 0. The number of hydrogen-bond donors (Lipinski definition) is 0. The van der Waals surface area contributed by atoms with E-state index in [-0.39, 0.29) is 0 Å². The van der Waals surface area contributed by atoms with E-state index in [0.29, 0.717) is 10.0 Å². The van der Waals surface area contributed by atoms with Crippen LogP contribution in [0.25, 0.3) is 0 Å². The van der Waals surface area contributed by atoms with Crippen LogP contribution in [-0.4, -0.2) is 15.6 Å². The van der Waals surface area contributed by atoms with Gasteiger partial charge >= 0.3 is 25.6 Å². The molecule has 0 amide bonds. The van der Waals surface area contributed by atoms with E-state index in [2.05, 4.69) is 10.0 Å². The molecule has 4 heteroatoms. The van der Waals surface area contributed by atoms with Crippen LogP contribution in [0.4, 0.5) is 0 Å². The third kappa shape index (κ3) is 3.72.